The molecule has 2 aromatic carbocycles. The summed E-state index contributed by atoms with van der Waals surface area (Å²) in [6.45, 7) is -0.370. The number of nitrogens with zero attached hydrogens (tertiary/aromatic N) is 1. The maximum absolute atomic E-state index is 12.0. The summed E-state index contributed by atoms with van der Waals surface area (Å²) < 4.78 is 5.22. The fraction of sp³-hybridized carbons (Fsp3) is 0.0714. The molecule has 0 aliphatic carbocycles. The molecule has 21 heavy (non-hydrogen) atoms. The van der Waals surface area contributed by atoms with Crippen LogP contribution in [0.3, 0.4) is 0 Å². The van der Waals surface area contributed by atoms with Crippen LogP contribution in [-0.4, -0.2) is 17.3 Å². The summed E-state index contributed by atoms with van der Waals surface area (Å²) in [6, 6.07) is 10.3. The van der Waals surface area contributed by atoms with Crippen molar-refractivity contribution in [3.63, 3.8) is 0 Å². The number of carbonyl (C=O) groups excluding carboxylic acids is 1. The van der Waals surface area contributed by atoms with Crippen LogP contribution in [0.25, 0.3) is 0 Å². The zero-order chi connectivity index (χ0) is 15.4. The van der Waals surface area contributed by atoms with Gasteiger partial charge in [0.2, 0.25) is 5.78 Å². The fourth-order valence-electron chi connectivity index (χ4n) is 1.66. The van der Waals surface area contributed by atoms with Gasteiger partial charge in [-0.3, -0.25) is 14.9 Å². The minimum Gasteiger partial charge on any atom is -0.478 e. The first-order valence-electron chi connectivity index (χ1n) is 5.83. The first-order valence-corrected chi connectivity index (χ1v) is 6.59. The van der Waals surface area contributed by atoms with Crippen molar-refractivity contribution in [2.24, 2.45) is 0 Å². The highest BCUT2D eigenvalue weighted by atomic mass is 35.5. The summed E-state index contributed by atoms with van der Waals surface area (Å²) in [4.78, 5) is 22.3. The van der Waals surface area contributed by atoms with Gasteiger partial charge in [-0.2, -0.15) is 0 Å². The lowest BCUT2D eigenvalue weighted by atomic mass is 10.1. The number of para-hydroxylation sites is 2. The fourth-order valence-corrected chi connectivity index (χ4v) is 2.06. The molecule has 0 saturated carbocycles. The Hall–Kier alpha value is -2.11. The van der Waals surface area contributed by atoms with Crippen molar-refractivity contribution in [2.45, 2.75) is 0 Å². The molecule has 0 radical (unpaired) electrons. The Labute approximate surface area is 130 Å². The number of nitro groups is 1. The Balaban J connectivity index is 2.15. The van der Waals surface area contributed by atoms with Gasteiger partial charge in [-0.1, -0.05) is 35.3 Å². The third-order valence-corrected chi connectivity index (χ3v) is 3.21. The summed E-state index contributed by atoms with van der Waals surface area (Å²) in [5.41, 5.74) is 0.00485. The summed E-state index contributed by atoms with van der Waals surface area (Å²) in [6.07, 6.45) is 0. The molecule has 0 aliphatic rings. The zero-order valence-corrected chi connectivity index (χ0v) is 12.1. The second-order valence-electron chi connectivity index (χ2n) is 4.06. The van der Waals surface area contributed by atoms with Crippen molar-refractivity contribution in [1.82, 2.24) is 0 Å². The van der Waals surface area contributed by atoms with E-state index in [2.05, 4.69) is 0 Å². The Bertz CT molecular complexity index is 703. The lowest BCUT2D eigenvalue weighted by Crippen LogP contribution is -2.12. The van der Waals surface area contributed by atoms with Crippen LogP contribution in [-0.2, 0) is 0 Å². The van der Waals surface area contributed by atoms with E-state index in [0.29, 0.717) is 5.02 Å². The van der Waals surface area contributed by atoms with Crippen LogP contribution in [0.2, 0.25) is 10.0 Å². The number of halogens is 2. The average Bonchev–Trinajstić information content (AvgIpc) is 2.47. The van der Waals surface area contributed by atoms with Crippen molar-refractivity contribution in [2.75, 3.05) is 6.61 Å². The summed E-state index contributed by atoms with van der Waals surface area (Å²) in [5.74, 6) is -0.394. The van der Waals surface area contributed by atoms with E-state index in [1.54, 1.807) is 12.1 Å². The van der Waals surface area contributed by atoms with Gasteiger partial charge in [-0.15, -0.1) is 0 Å². The van der Waals surface area contributed by atoms with Crippen LogP contribution in [0.5, 0.6) is 5.75 Å². The van der Waals surface area contributed by atoms with E-state index in [4.69, 9.17) is 27.9 Å². The molecule has 0 aromatic heterocycles. The predicted molar refractivity (Wildman–Crippen MR) is 79.4 cm³/mol. The molecule has 0 amide bonds. The molecule has 0 atom stereocenters. The number of rotatable bonds is 5. The lowest BCUT2D eigenvalue weighted by molar-refractivity contribution is -0.385. The van der Waals surface area contributed by atoms with Gasteiger partial charge in [0.05, 0.1) is 9.95 Å². The van der Waals surface area contributed by atoms with Crippen molar-refractivity contribution in [3.8, 4) is 5.75 Å². The minimum absolute atomic E-state index is 0.0222. The van der Waals surface area contributed by atoms with Gasteiger partial charge in [-0.25, -0.2) is 0 Å². The maximum atomic E-state index is 12.0. The number of Topliss-reactive ketones (excluding diaryl/α,β-unsaturated/α-hetero) is 1. The highest BCUT2D eigenvalue weighted by Gasteiger charge is 2.17. The molecular formula is C14H9Cl2NO4. The minimum atomic E-state index is -0.577. The summed E-state index contributed by atoms with van der Waals surface area (Å²) in [7, 11) is 0. The molecule has 2 rings (SSSR count). The van der Waals surface area contributed by atoms with E-state index in [9.17, 15) is 14.9 Å². The molecule has 0 fully saturated rings. The van der Waals surface area contributed by atoms with Gasteiger partial charge < -0.3 is 4.74 Å². The van der Waals surface area contributed by atoms with Crippen LogP contribution in [0.4, 0.5) is 5.69 Å². The predicted octanol–water partition coefficient (Wildman–Crippen LogP) is 4.16. The number of nitro benzene ring substituents is 1. The molecule has 7 heteroatoms. The van der Waals surface area contributed by atoms with Crippen LogP contribution in [0, 0.1) is 10.1 Å². The molecule has 5 nitrogen and oxygen atoms in total. The quantitative estimate of drug-likeness (QED) is 0.470. The highest BCUT2D eigenvalue weighted by Crippen LogP contribution is 2.26. The Kier molecular flexibility index (Phi) is 4.77. The second-order valence-corrected chi connectivity index (χ2v) is 4.90. The van der Waals surface area contributed by atoms with Gasteiger partial charge in [0, 0.05) is 16.7 Å². The first kappa shape index (κ1) is 15.3. The van der Waals surface area contributed by atoms with E-state index in [0.717, 1.165) is 0 Å². The smallest absolute Gasteiger partial charge is 0.310 e. The Morgan fingerprint density at radius 3 is 2.62 bits per heavy atom. The normalized spacial score (nSPS) is 10.2. The van der Waals surface area contributed by atoms with Crippen molar-refractivity contribution < 1.29 is 14.5 Å². The molecule has 0 spiro atoms. The Morgan fingerprint density at radius 2 is 1.90 bits per heavy atom. The van der Waals surface area contributed by atoms with Crippen LogP contribution in [0.15, 0.2) is 42.5 Å². The molecular weight excluding hydrogens is 317 g/mol. The average molecular weight is 326 g/mol. The number of ether oxygens (including phenoxy) is 1. The zero-order valence-electron chi connectivity index (χ0n) is 10.6. The molecule has 0 saturated heterocycles. The molecule has 108 valence electrons. The van der Waals surface area contributed by atoms with Crippen molar-refractivity contribution >= 4 is 34.7 Å². The van der Waals surface area contributed by atoms with E-state index >= 15 is 0 Å². The van der Waals surface area contributed by atoms with E-state index in [1.807, 2.05) is 0 Å². The van der Waals surface area contributed by atoms with E-state index < -0.39 is 10.7 Å². The third-order valence-electron chi connectivity index (χ3n) is 2.65. The standard InChI is InChI=1S/C14H9Cl2NO4/c15-9-5-6-11(16)10(7-9)13(18)8-21-14-4-2-1-3-12(14)17(19)20/h1-7H,8H2. The third kappa shape index (κ3) is 3.71. The number of ketones is 1. The number of hydrogen-bond acceptors (Lipinski definition) is 4. The summed E-state index contributed by atoms with van der Waals surface area (Å²) >= 11 is 11.7. The number of hydrogen-bond donors (Lipinski definition) is 0. The second kappa shape index (κ2) is 6.56. The van der Waals surface area contributed by atoms with Gasteiger partial charge >= 0.3 is 5.69 Å². The van der Waals surface area contributed by atoms with Crippen molar-refractivity contribution in [3.05, 3.63) is 68.2 Å². The molecule has 0 N–H and O–H groups in total. The molecule has 2 aromatic rings. The monoisotopic (exact) mass is 325 g/mol. The van der Waals surface area contributed by atoms with Gasteiger partial charge in [-0.05, 0) is 24.3 Å². The SMILES string of the molecule is O=C(COc1ccccc1[N+](=O)[O-])c1cc(Cl)ccc1Cl. The molecule has 0 aliphatic heterocycles. The maximum Gasteiger partial charge on any atom is 0.310 e. The first-order chi connectivity index (χ1) is 9.99. The lowest BCUT2D eigenvalue weighted by Gasteiger charge is -2.07. The highest BCUT2D eigenvalue weighted by molar-refractivity contribution is 6.35. The van der Waals surface area contributed by atoms with Gasteiger partial charge in [0.1, 0.15) is 0 Å². The molecule has 0 bridgehead atoms. The summed E-state index contributed by atoms with van der Waals surface area (Å²) in [5, 5.41) is 11.5. The molecule has 0 heterocycles. The number of benzene rings is 2. The van der Waals surface area contributed by atoms with Crippen LogP contribution < -0.4 is 4.74 Å². The number of carbonyl (C=O) groups is 1. The van der Waals surface area contributed by atoms with Crippen LogP contribution in [0.1, 0.15) is 10.4 Å². The largest absolute Gasteiger partial charge is 0.478 e. The van der Waals surface area contributed by atoms with Crippen LogP contribution >= 0.6 is 23.2 Å². The Morgan fingerprint density at radius 1 is 1.19 bits per heavy atom. The van der Waals surface area contributed by atoms with Gasteiger partial charge in [0.15, 0.2) is 12.4 Å². The molecule has 0 unspecified atom stereocenters. The van der Waals surface area contributed by atoms with Crippen molar-refractivity contribution in [1.29, 1.82) is 0 Å². The van der Waals surface area contributed by atoms with E-state index in [-0.39, 0.29) is 28.6 Å². The topological polar surface area (TPSA) is 69.4 Å². The van der Waals surface area contributed by atoms with Gasteiger partial charge in [0.25, 0.3) is 0 Å². The van der Waals surface area contributed by atoms with E-state index in [1.165, 1.54) is 30.3 Å².